The third kappa shape index (κ3) is 3.75. The van der Waals surface area contributed by atoms with E-state index in [1.165, 1.54) is 16.3 Å². The minimum Gasteiger partial charge on any atom is -0.356 e. The van der Waals surface area contributed by atoms with Gasteiger partial charge < -0.3 is 9.88 Å². The molecule has 0 unspecified atom stereocenters. The molecule has 1 N–H and O–H groups in total. The Bertz CT molecular complexity index is 1170. The number of aromatic nitrogens is 2. The van der Waals surface area contributed by atoms with Crippen molar-refractivity contribution in [2.24, 2.45) is 5.92 Å². The molecule has 1 heterocycles. The second-order valence-electron chi connectivity index (χ2n) is 7.91. The first-order valence-corrected chi connectivity index (χ1v) is 10.5. The summed E-state index contributed by atoms with van der Waals surface area (Å²) < 4.78 is 2.33. The van der Waals surface area contributed by atoms with Gasteiger partial charge in [0.25, 0.3) is 0 Å². The van der Waals surface area contributed by atoms with Crippen molar-refractivity contribution >= 4 is 27.7 Å². The highest BCUT2D eigenvalue weighted by atomic mass is 16.2. The van der Waals surface area contributed by atoms with E-state index in [1.54, 1.807) is 0 Å². The third-order valence-electron chi connectivity index (χ3n) is 5.77. The molecule has 4 nitrogen and oxygen atoms in total. The minimum absolute atomic E-state index is 0.217. The molecule has 4 heteroatoms. The Morgan fingerprint density at radius 1 is 1.00 bits per heavy atom. The normalized spacial score (nSPS) is 13.8. The van der Waals surface area contributed by atoms with E-state index in [1.807, 2.05) is 6.07 Å². The van der Waals surface area contributed by atoms with Crippen molar-refractivity contribution in [3.8, 4) is 0 Å². The first-order chi connectivity index (χ1) is 14.3. The van der Waals surface area contributed by atoms with Gasteiger partial charge in [0.1, 0.15) is 5.82 Å². The van der Waals surface area contributed by atoms with Crippen molar-refractivity contribution < 1.29 is 4.79 Å². The summed E-state index contributed by atoms with van der Waals surface area (Å²) in [6.45, 7) is 1.51. The minimum atomic E-state index is 0.217. The van der Waals surface area contributed by atoms with Gasteiger partial charge in [-0.05, 0) is 47.7 Å². The van der Waals surface area contributed by atoms with Gasteiger partial charge in [-0.1, -0.05) is 54.6 Å². The van der Waals surface area contributed by atoms with Crippen LogP contribution in [0.2, 0.25) is 0 Å². The average Bonchev–Trinajstić information content (AvgIpc) is 3.55. The molecular weight excluding hydrogens is 358 g/mol. The lowest BCUT2D eigenvalue weighted by molar-refractivity contribution is -0.122. The highest BCUT2D eigenvalue weighted by Crippen LogP contribution is 2.28. The van der Waals surface area contributed by atoms with E-state index in [4.69, 9.17) is 4.98 Å². The number of hydrogen-bond donors (Lipinski definition) is 1. The number of benzene rings is 3. The molecule has 146 valence electrons. The molecule has 29 heavy (non-hydrogen) atoms. The fourth-order valence-corrected chi connectivity index (χ4v) is 4.04. The molecule has 1 fully saturated rings. The Morgan fingerprint density at radius 2 is 1.79 bits per heavy atom. The van der Waals surface area contributed by atoms with Crippen molar-refractivity contribution in [2.45, 2.75) is 32.2 Å². The van der Waals surface area contributed by atoms with Crippen molar-refractivity contribution in [2.75, 3.05) is 6.54 Å². The molecule has 3 aromatic carbocycles. The Morgan fingerprint density at radius 3 is 2.69 bits per heavy atom. The standard InChI is InChI=1S/C25H25N3O/c29-25(19-14-15-19)26-16-6-13-24-27-22-11-3-4-12-23(22)28(24)17-20-9-5-8-18-7-1-2-10-21(18)20/h1-5,7-12,19H,6,13-17H2,(H,26,29). The lowest BCUT2D eigenvalue weighted by Gasteiger charge is -2.12. The first kappa shape index (κ1) is 17.9. The summed E-state index contributed by atoms with van der Waals surface area (Å²) in [5.74, 6) is 1.57. The van der Waals surface area contributed by atoms with E-state index in [9.17, 15) is 4.79 Å². The number of imidazole rings is 1. The summed E-state index contributed by atoms with van der Waals surface area (Å²) in [6.07, 6.45) is 3.85. The number of aryl methyl sites for hydroxylation is 1. The van der Waals surface area contributed by atoms with E-state index >= 15 is 0 Å². The maximum atomic E-state index is 11.9. The van der Waals surface area contributed by atoms with Gasteiger partial charge in [-0.2, -0.15) is 0 Å². The molecule has 0 aliphatic heterocycles. The van der Waals surface area contributed by atoms with Gasteiger partial charge in [0.15, 0.2) is 0 Å². The van der Waals surface area contributed by atoms with Crippen molar-refractivity contribution in [1.82, 2.24) is 14.9 Å². The summed E-state index contributed by atoms with van der Waals surface area (Å²) in [6, 6.07) is 23.4. The van der Waals surface area contributed by atoms with Crippen LogP contribution in [0.1, 0.15) is 30.7 Å². The molecule has 1 aliphatic carbocycles. The maximum Gasteiger partial charge on any atom is 0.223 e. The number of hydrogen-bond acceptors (Lipinski definition) is 2. The summed E-state index contributed by atoms with van der Waals surface area (Å²) >= 11 is 0. The molecule has 0 radical (unpaired) electrons. The lowest BCUT2D eigenvalue weighted by atomic mass is 10.0. The predicted molar refractivity (Wildman–Crippen MR) is 117 cm³/mol. The van der Waals surface area contributed by atoms with E-state index in [-0.39, 0.29) is 11.8 Å². The molecule has 1 aromatic heterocycles. The highest BCUT2D eigenvalue weighted by molar-refractivity contribution is 5.86. The van der Waals surface area contributed by atoms with Crippen LogP contribution in [-0.4, -0.2) is 22.0 Å². The van der Waals surface area contributed by atoms with Crippen LogP contribution in [0.25, 0.3) is 21.8 Å². The van der Waals surface area contributed by atoms with E-state index in [0.717, 1.165) is 49.1 Å². The van der Waals surface area contributed by atoms with Crippen LogP contribution in [0.3, 0.4) is 0 Å². The highest BCUT2D eigenvalue weighted by Gasteiger charge is 2.29. The van der Waals surface area contributed by atoms with Gasteiger partial charge in [0.2, 0.25) is 5.91 Å². The van der Waals surface area contributed by atoms with Gasteiger partial charge >= 0.3 is 0 Å². The smallest absolute Gasteiger partial charge is 0.223 e. The van der Waals surface area contributed by atoms with Gasteiger partial charge in [0, 0.05) is 25.4 Å². The van der Waals surface area contributed by atoms with Crippen LogP contribution in [-0.2, 0) is 17.8 Å². The Kier molecular flexibility index (Phi) is 4.76. The monoisotopic (exact) mass is 383 g/mol. The largest absolute Gasteiger partial charge is 0.356 e. The molecule has 0 saturated heterocycles. The fourth-order valence-electron chi connectivity index (χ4n) is 4.04. The van der Waals surface area contributed by atoms with E-state index < -0.39 is 0 Å². The predicted octanol–water partition coefficient (Wildman–Crippen LogP) is 4.70. The zero-order valence-electron chi connectivity index (χ0n) is 16.5. The second kappa shape index (κ2) is 7.70. The van der Waals surface area contributed by atoms with Gasteiger partial charge in [-0.15, -0.1) is 0 Å². The number of carbonyl (C=O) groups excluding carboxylic acids is 1. The van der Waals surface area contributed by atoms with Crippen LogP contribution in [0.5, 0.6) is 0 Å². The SMILES string of the molecule is O=C(NCCCc1nc2ccccc2n1Cc1cccc2ccccc12)C1CC1. The van der Waals surface area contributed by atoms with Crippen LogP contribution in [0, 0.1) is 5.92 Å². The lowest BCUT2D eigenvalue weighted by Crippen LogP contribution is -2.26. The number of para-hydroxylation sites is 2. The number of amides is 1. The fraction of sp³-hybridized carbons (Fsp3) is 0.280. The van der Waals surface area contributed by atoms with E-state index in [0.29, 0.717) is 6.54 Å². The van der Waals surface area contributed by atoms with Crippen LogP contribution in [0.4, 0.5) is 0 Å². The number of carbonyl (C=O) groups is 1. The number of nitrogens with zero attached hydrogens (tertiary/aromatic N) is 2. The number of rotatable bonds is 7. The van der Waals surface area contributed by atoms with Crippen molar-refractivity contribution in [3.63, 3.8) is 0 Å². The second-order valence-corrected chi connectivity index (χ2v) is 7.91. The van der Waals surface area contributed by atoms with Crippen molar-refractivity contribution in [1.29, 1.82) is 0 Å². The molecule has 1 saturated carbocycles. The summed E-state index contributed by atoms with van der Waals surface area (Å²) in [7, 11) is 0. The maximum absolute atomic E-state index is 11.9. The average molecular weight is 383 g/mol. The Hall–Kier alpha value is -3.14. The zero-order valence-corrected chi connectivity index (χ0v) is 16.5. The zero-order chi connectivity index (χ0) is 19.6. The van der Waals surface area contributed by atoms with Crippen LogP contribution in [0.15, 0.2) is 66.7 Å². The summed E-state index contributed by atoms with van der Waals surface area (Å²) in [5, 5.41) is 5.62. The summed E-state index contributed by atoms with van der Waals surface area (Å²) in [5.41, 5.74) is 3.50. The third-order valence-corrected chi connectivity index (χ3v) is 5.77. The summed E-state index contributed by atoms with van der Waals surface area (Å²) in [4.78, 5) is 16.8. The van der Waals surface area contributed by atoms with E-state index in [2.05, 4.69) is 70.5 Å². The molecule has 0 bridgehead atoms. The van der Waals surface area contributed by atoms with Gasteiger partial charge in [-0.3, -0.25) is 4.79 Å². The van der Waals surface area contributed by atoms with Crippen LogP contribution < -0.4 is 5.32 Å². The number of nitrogens with one attached hydrogen (secondary N) is 1. The molecule has 5 rings (SSSR count). The Labute approximate surface area is 170 Å². The Balaban J connectivity index is 1.41. The number of fused-ring (bicyclic) bond motifs is 2. The van der Waals surface area contributed by atoms with Gasteiger partial charge in [0.05, 0.1) is 11.0 Å². The molecule has 1 aliphatic rings. The van der Waals surface area contributed by atoms with Gasteiger partial charge in [-0.25, -0.2) is 4.98 Å². The molecule has 4 aromatic rings. The molecule has 0 atom stereocenters. The first-order valence-electron chi connectivity index (χ1n) is 10.5. The molecular formula is C25H25N3O. The van der Waals surface area contributed by atoms with Crippen molar-refractivity contribution in [3.05, 3.63) is 78.1 Å². The quantitative estimate of drug-likeness (QED) is 0.470. The molecule has 1 amide bonds. The topological polar surface area (TPSA) is 46.9 Å². The molecule has 0 spiro atoms. The van der Waals surface area contributed by atoms with Crippen LogP contribution >= 0.6 is 0 Å².